The number of aromatic nitrogens is 2. The van der Waals surface area contributed by atoms with Gasteiger partial charge in [-0.25, -0.2) is 4.98 Å². The first-order valence-corrected chi connectivity index (χ1v) is 6.46. The minimum Gasteiger partial charge on any atom is -0.369 e. The third-order valence-corrected chi connectivity index (χ3v) is 3.73. The first-order valence-electron chi connectivity index (χ1n) is 6.08. The van der Waals surface area contributed by atoms with E-state index in [9.17, 15) is 0 Å². The molecule has 2 aromatic carbocycles. The van der Waals surface area contributed by atoms with Gasteiger partial charge in [0, 0.05) is 5.02 Å². The Morgan fingerprint density at radius 2 is 1.95 bits per heavy atom. The molecule has 0 radical (unpaired) electrons. The molecule has 2 N–H and O–H groups in total. The minimum absolute atomic E-state index is 0.478. The maximum Gasteiger partial charge on any atom is 0.205 e. The van der Waals surface area contributed by atoms with Crippen LogP contribution < -0.4 is 5.73 Å². The van der Waals surface area contributed by atoms with Crippen molar-refractivity contribution in [3.8, 4) is 5.69 Å². The van der Waals surface area contributed by atoms with Gasteiger partial charge in [-0.3, -0.25) is 4.57 Å². The van der Waals surface area contributed by atoms with Gasteiger partial charge in [0.1, 0.15) is 0 Å². The van der Waals surface area contributed by atoms with E-state index in [0.717, 1.165) is 27.3 Å². The summed E-state index contributed by atoms with van der Waals surface area (Å²) in [7, 11) is 0. The van der Waals surface area contributed by atoms with E-state index in [1.807, 2.05) is 41.8 Å². The Bertz CT molecular complexity index is 774. The summed E-state index contributed by atoms with van der Waals surface area (Å²) in [5, 5.41) is 0.728. The lowest BCUT2D eigenvalue weighted by atomic mass is 10.2. The van der Waals surface area contributed by atoms with Crippen LogP contribution in [0.2, 0.25) is 5.02 Å². The van der Waals surface area contributed by atoms with Gasteiger partial charge in [-0.1, -0.05) is 23.7 Å². The quantitative estimate of drug-likeness (QED) is 0.730. The predicted octanol–water partition coefficient (Wildman–Crippen LogP) is 3.88. The van der Waals surface area contributed by atoms with Crippen molar-refractivity contribution < 1.29 is 0 Å². The minimum atomic E-state index is 0.478. The summed E-state index contributed by atoms with van der Waals surface area (Å²) < 4.78 is 1.95. The fraction of sp³-hybridized carbons (Fsp3) is 0.133. The van der Waals surface area contributed by atoms with E-state index in [1.54, 1.807) is 0 Å². The molecule has 0 fully saturated rings. The number of benzene rings is 2. The van der Waals surface area contributed by atoms with Gasteiger partial charge in [-0.2, -0.15) is 0 Å². The highest BCUT2D eigenvalue weighted by Gasteiger charge is 2.12. The largest absolute Gasteiger partial charge is 0.369 e. The molecule has 0 aliphatic carbocycles. The van der Waals surface area contributed by atoms with Crippen molar-refractivity contribution in [2.75, 3.05) is 5.73 Å². The Morgan fingerprint density at radius 1 is 1.16 bits per heavy atom. The number of aryl methyl sites for hydroxylation is 1. The summed E-state index contributed by atoms with van der Waals surface area (Å²) in [6.45, 7) is 4.04. The molecule has 0 spiro atoms. The normalized spacial score (nSPS) is 11.1. The van der Waals surface area contributed by atoms with Gasteiger partial charge in [0.15, 0.2) is 0 Å². The molecular formula is C15H14ClN3. The Kier molecular flexibility index (Phi) is 2.72. The highest BCUT2D eigenvalue weighted by atomic mass is 35.5. The van der Waals surface area contributed by atoms with Crippen LogP contribution >= 0.6 is 11.6 Å². The summed E-state index contributed by atoms with van der Waals surface area (Å²) in [5.74, 6) is 0.478. The Balaban J connectivity index is 2.39. The number of halogens is 1. The summed E-state index contributed by atoms with van der Waals surface area (Å²) in [5.41, 5.74) is 11.1. The SMILES string of the molecule is Cc1ccc2nc(N)n(-c3cccc(Cl)c3C)c2c1. The molecule has 0 unspecified atom stereocenters. The molecule has 4 heteroatoms. The van der Waals surface area contributed by atoms with E-state index in [-0.39, 0.29) is 0 Å². The van der Waals surface area contributed by atoms with E-state index < -0.39 is 0 Å². The Morgan fingerprint density at radius 3 is 2.74 bits per heavy atom. The maximum absolute atomic E-state index is 6.19. The number of anilines is 1. The fourth-order valence-electron chi connectivity index (χ4n) is 2.30. The van der Waals surface area contributed by atoms with Crippen LogP contribution in [0.5, 0.6) is 0 Å². The van der Waals surface area contributed by atoms with Gasteiger partial charge in [-0.15, -0.1) is 0 Å². The van der Waals surface area contributed by atoms with Crippen LogP contribution in [-0.4, -0.2) is 9.55 Å². The highest BCUT2D eigenvalue weighted by Crippen LogP contribution is 2.28. The maximum atomic E-state index is 6.19. The van der Waals surface area contributed by atoms with Crippen LogP contribution in [-0.2, 0) is 0 Å². The number of fused-ring (bicyclic) bond motifs is 1. The van der Waals surface area contributed by atoms with Crippen LogP contribution in [0.1, 0.15) is 11.1 Å². The van der Waals surface area contributed by atoms with Gasteiger partial charge in [0.25, 0.3) is 0 Å². The second-order valence-electron chi connectivity index (χ2n) is 4.68. The van der Waals surface area contributed by atoms with Crippen molar-refractivity contribution in [2.24, 2.45) is 0 Å². The average Bonchev–Trinajstić information content (AvgIpc) is 2.69. The number of imidazole rings is 1. The van der Waals surface area contributed by atoms with Crippen molar-refractivity contribution in [3.05, 3.63) is 52.5 Å². The summed E-state index contributed by atoms with van der Waals surface area (Å²) >= 11 is 6.19. The molecule has 19 heavy (non-hydrogen) atoms. The van der Waals surface area contributed by atoms with Crippen molar-refractivity contribution in [1.29, 1.82) is 0 Å². The molecule has 3 rings (SSSR count). The fourth-order valence-corrected chi connectivity index (χ4v) is 2.46. The molecule has 96 valence electrons. The summed E-state index contributed by atoms with van der Waals surface area (Å²) in [4.78, 5) is 4.40. The lowest BCUT2D eigenvalue weighted by Crippen LogP contribution is -2.02. The second-order valence-corrected chi connectivity index (χ2v) is 5.09. The molecule has 3 aromatic rings. The monoisotopic (exact) mass is 271 g/mol. The third kappa shape index (κ3) is 1.87. The second kappa shape index (κ2) is 4.28. The molecule has 0 bridgehead atoms. The van der Waals surface area contributed by atoms with Crippen LogP contribution in [0.15, 0.2) is 36.4 Å². The number of hydrogen-bond acceptors (Lipinski definition) is 2. The number of rotatable bonds is 1. The molecule has 1 heterocycles. The highest BCUT2D eigenvalue weighted by molar-refractivity contribution is 6.31. The van der Waals surface area contributed by atoms with Crippen LogP contribution in [0.4, 0.5) is 5.95 Å². The Labute approximate surface area is 116 Å². The molecule has 0 aliphatic heterocycles. The summed E-state index contributed by atoms with van der Waals surface area (Å²) in [6, 6.07) is 11.9. The van der Waals surface area contributed by atoms with Gasteiger partial charge in [0.2, 0.25) is 5.95 Å². The van der Waals surface area contributed by atoms with E-state index in [4.69, 9.17) is 17.3 Å². The number of nitrogens with zero attached hydrogens (tertiary/aromatic N) is 2. The first-order chi connectivity index (χ1) is 9.08. The number of nitrogen functional groups attached to an aromatic ring is 1. The van der Waals surface area contributed by atoms with E-state index >= 15 is 0 Å². The molecule has 0 aliphatic rings. The van der Waals surface area contributed by atoms with E-state index in [2.05, 4.69) is 18.0 Å². The van der Waals surface area contributed by atoms with Crippen molar-refractivity contribution in [1.82, 2.24) is 9.55 Å². The molecule has 0 amide bonds. The van der Waals surface area contributed by atoms with Gasteiger partial charge >= 0.3 is 0 Å². The van der Waals surface area contributed by atoms with Crippen LogP contribution in [0.3, 0.4) is 0 Å². The van der Waals surface area contributed by atoms with Crippen molar-refractivity contribution in [3.63, 3.8) is 0 Å². The number of nitrogens with two attached hydrogens (primary N) is 1. The van der Waals surface area contributed by atoms with Crippen LogP contribution in [0, 0.1) is 13.8 Å². The lowest BCUT2D eigenvalue weighted by Gasteiger charge is -2.11. The van der Waals surface area contributed by atoms with E-state index in [0.29, 0.717) is 5.95 Å². The molecule has 0 saturated carbocycles. The zero-order valence-electron chi connectivity index (χ0n) is 10.8. The predicted molar refractivity (Wildman–Crippen MR) is 80.0 cm³/mol. The van der Waals surface area contributed by atoms with Gasteiger partial charge < -0.3 is 5.73 Å². The standard InChI is InChI=1S/C15H14ClN3/c1-9-6-7-12-14(8-9)19(15(17)18-12)13-5-3-4-11(16)10(13)2/h3-8H,1-2H3,(H2,17,18). The van der Waals surface area contributed by atoms with Crippen LogP contribution in [0.25, 0.3) is 16.7 Å². The molecule has 1 aromatic heterocycles. The van der Waals surface area contributed by atoms with Crippen molar-refractivity contribution >= 4 is 28.6 Å². The van der Waals surface area contributed by atoms with Gasteiger partial charge in [0.05, 0.1) is 16.7 Å². The molecule has 0 saturated heterocycles. The molecule has 0 atom stereocenters. The lowest BCUT2D eigenvalue weighted by molar-refractivity contribution is 1.09. The Hall–Kier alpha value is -2.00. The molecule has 3 nitrogen and oxygen atoms in total. The zero-order chi connectivity index (χ0) is 13.6. The number of hydrogen-bond donors (Lipinski definition) is 1. The summed E-state index contributed by atoms with van der Waals surface area (Å²) in [6.07, 6.45) is 0. The third-order valence-electron chi connectivity index (χ3n) is 3.32. The zero-order valence-corrected chi connectivity index (χ0v) is 11.6. The molecular weight excluding hydrogens is 258 g/mol. The smallest absolute Gasteiger partial charge is 0.205 e. The average molecular weight is 272 g/mol. The topological polar surface area (TPSA) is 43.8 Å². The van der Waals surface area contributed by atoms with E-state index in [1.165, 1.54) is 5.56 Å². The van der Waals surface area contributed by atoms with Gasteiger partial charge in [-0.05, 0) is 49.2 Å². The first kappa shape index (κ1) is 12.1. The van der Waals surface area contributed by atoms with Crippen molar-refractivity contribution in [2.45, 2.75) is 13.8 Å².